The van der Waals surface area contributed by atoms with E-state index in [1.165, 1.54) is 36.1 Å². The lowest BCUT2D eigenvalue weighted by molar-refractivity contribution is 0.0375. The first-order valence-electron chi connectivity index (χ1n) is 6.62. The summed E-state index contributed by atoms with van der Waals surface area (Å²) in [6.07, 6.45) is 2.45. The number of ether oxygens (including phenoxy) is 1. The van der Waals surface area contributed by atoms with Crippen LogP contribution < -0.4 is 0 Å². The van der Waals surface area contributed by atoms with Crippen LogP contribution in [0.25, 0.3) is 0 Å². The predicted octanol–water partition coefficient (Wildman–Crippen LogP) is 2.57. The summed E-state index contributed by atoms with van der Waals surface area (Å²) in [5, 5.41) is 0. The zero-order valence-corrected chi connectivity index (χ0v) is 11.0. The van der Waals surface area contributed by atoms with E-state index in [0.717, 1.165) is 26.3 Å². The molecule has 1 fully saturated rings. The standard InChI is InChI=1S/C15H23NO/c1-13-5-6-15(12-14(13)2)4-3-7-16-8-10-17-11-9-16/h5-6,12H,3-4,7-11H2,1-2H3. The Balaban J connectivity index is 1.75. The molecule has 1 aliphatic heterocycles. The lowest BCUT2D eigenvalue weighted by atomic mass is 10.0. The van der Waals surface area contributed by atoms with Gasteiger partial charge in [0.1, 0.15) is 0 Å². The Hall–Kier alpha value is -0.860. The molecule has 1 aliphatic rings. The van der Waals surface area contributed by atoms with E-state index < -0.39 is 0 Å². The summed E-state index contributed by atoms with van der Waals surface area (Å²) < 4.78 is 5.35. The van der Waals surface area contributed by atoms with Gasteiger partial charge in [-0.1, -0.05) is 18.2 Å². The summed E-state index contributed by atoms with van der Waals surface area (Å²) in [5.41, 5.74) is 4.28. The van der Waals surface area contributed by atoms with Crippen molar-refractivity contribution in [2.45, 2.75) is 26.7 Å². The van der Waals surface area contributed by atoms with Gasteiger partial charge in [0.25, 0.3) is 0 Å². The first-order chi connectivity index (χ1) is 8.25. The Labute approximate surface area is 105 Å². The van der Waals surface area contributed by atoms with Crippen LogP contribution in [-0.2, 0) is 11.2 Å². The third kappa shape index (κ3) is 3.83. The molecule has 0 spiro atoms. The number of morpholine rings is 1. The predicted molar refractivity (Wildman–Crippen MR) is 71.5 cm³/mol. The molecular formula is C15H23NO. The molecule has 1 aromatic rings. The van der Waals surface area contributed by atoms with Crippen LogP contribution in [-0.4, -0.2) is 37.7 Å². The summed E-state index contributed by atoms with van der Waals surface area (Å²) >= 11 is 0. The average Bonchev–Trinajstić information content (AvgIpc) is 2.35. The third-order valence-electron chi connectivity index (χ3n) is 3.61. The minimum absolute atomic E-state index is 0.906. The second kappa shape index (κ2) is 6.18. The SMILES string of the molecule is Cc1ccc(CCCN2CCOCC2)cc1C. The molecule has 0 bridgehead atoms. The van der Waals surface area contributed by atoms with Gasteiger partial charge in [-0.3, -0.25) is 4.90 Å². The van der Waals surface area contributed by atoms with Gasteiger partial charge >= 0.3 is 0 Å². The van der Waals surface area contributed by atoms with Crippen LogP contribution in [0.5, 0.6) is 0 Å². The van der Waals surface area contributed by atoms with E-state index in [-0.39, 0.29) is 0 Å². The van der Waals surface area contributed by atoms with E-state index in [2.05, 4.69) is 36.9 Å². The summed E-state index contributed by atoms with van der Waals surface area (Å²) in [4.78, 5) is 2.50. The Bertz CT molecular complexity index is 356. The number of benzene rings is 1. The zero-order chi connectivity index (χ0) is 12.1. The molecule has 0 radical (unpaired) electrons. The van der Waals surface area contributed by atoms with Gasteiger partial charge in [0.15, 0.2) is 0 Å². The van der Waals surface area contributed by atoms with Gasteiger partial charge in [-0.25, -0.2) is 0 Å². The van der Waals surface area contributed by atoms with E-state index in [0.29, 0.717) is 0 Å². The van der Waals surface area contributed by atoms with Crippen LogP contribution in [0.15, 0.2) is 18.2 Å². The highest BCUT2D eigenvalue weighted by Gasteiger charge is 2.09. The van der Waals surface area contributed by atoms with Crippen LogP contribution in [0.4, 0.5) is 0 Å². The minimum atomic E-state index is 0.906. The van der Waals surface area contributed by atoms with Crippen LogP contribution >= 0.6 is 0 Å². The Morgan fingerprint density at radius 3 is 2.59 bits per heavy atom. The van der Waals surface area contributed by atoms with Crippen molar-refractivity contribution in [1.82, 2.24) is 4.90 Å². The Morgan fingerprint density at radius 1 is 1.12 bits per heavy atom. The van der Waals surface area contributed by atoms with Crippen molar-refractivity contribution in [1.29, 1.82) is 0 Å². The Kier molecular flexibility index (Phi) is 4.57. The molecule has 1 aromatic carbocycles. The third-order valence-corrected chi connectivity index (χ3v) is 3.61. The zero-order valence-electron chi connectivity index (χ0n) is 11.0. The highest BCUT2D eigenvalue weighted by molar-refractivity contribution is 5.29. The maximum absolute atomic E-state index is 5.35. The van der Waals surface area contributed by atoms with Crippen molar-refractivity contribution >= 4 is 0 Å². The largest absolute Gasteiger partial charge is 0.379 e. The monoisotopic (exact) mass is 233 g/mol. The van der Waals surface area contributed by atoms with E-state index >= 15 is 0 Å². The molecule has 0 saturated carbocycles. The van der Waals surface area contributed by atoms with Crippen LogP contribution in [0.2, 0.25) is 0 Å². The fourth-order valence-corrected chi connectivity index (χ4v) is 2.29. The fraction of sp³-hybridized carbons (Fsp3) is 0.600. The van der Waals surface area contributed by atoms with E-state index in [1.54, 1.807) is 0 Å². The molecule has 0 N–H and O–H groups in total. The molecule has 0 unspecified atom stereocenters. The summed E-state index contributed by atoms with van der Waals surface area (Å²) in [5.74, 6) is 0. The van der Waals surface area contributed by atoms with Crippen LogP contribution in [0.3, 0.4) is 0 Å². The highest BCUT2D eigenvalue weighted by Crippen LogP contribution is 2.12. The molecule has 0 amide bonds. The maximum atomic E-state index is 5.35. The van der Waals surface area contributed by atoms with E-state index in [4.69, 9.17) is 4.74 Å². The summed E-state index contributed by atoms with van der Waals surface area (Å²) in [7, 11) is 0. The molecule has 2 nitrogen and oxygen atoms in total. The molecule has 94 valence electrons. The molecular weight excluding hydrogens is 210 g/mol. The summed E-state index contributed by atoms with van der Waals surface area (Å²) in [6.45, 7) is 9.59. The van der Waals surface area contributed by atoms with Crippen molar-refractivity contribution in [2.24, 2.45) is 0 Å². The van der Waals surface area contributed by atoms with Gasteiger partial charge in [-0.15, -0.1) is 0 Å². The number of hydrogen-bond acceptors (Lipinski definition) is 2. The van der Waals surface area contributed by atoms with Gasteiger partial charge in [-0.05, 0) is 49.9 Å². The topological polar surface area (TPSA) is 12.5 Å². The van der Waals surface area contributed by atoms with Crippen molar-refractivity contribution in [3.63, 3.8) is 0 Å². The van der Waals surface area contributed by atoms with Crippen molar-refractivity contribution in [2.75, 3.05) is 32.8 Å². The normalized spacial score (nSPS) is 17.3. The lowest BCUT2D eigenvalue weighted by Crippen LogP contribution is -2.36. The van der Waals surface area contributed by atoms with Crippen LogP contribution in [0, 0.1) is 13.8 Å². The van der Waals surface area contributed by atoms with Gasteiger partial charge in [0.2, 0.25) is 0 Å². The van der Waals surface area contributed by atoms with Gasteiger partial charge in [0, 0.05) is 13.1 Å². The highest BCUT2D eigenvalue weighted by atomic mass is 16.5. The lowest BCUT2D eigenvalue weighted by Gasteiger charge is -2.26. The molecule has 1 saturated heterocycles. The Morgan fingerprint density at radius 2 is 1.88 bits per heavy atom. The van der Waals surface area contributed by atoms with Gasteiger partial charge in [-0.2, -0.15) is 0 Å². The first-order valence-corrected chi connectivity index (χ1v) is 6.62. The second-order valence-electron chi connectivity index (χ2n) is 4.98. The first kappa shape index (κ1) is 12.6. The molecule has 17 heavy (non-hydrogen) atoms. The van der Waals surface area contributed by atoms with E-state index in [9.17, 15) is 0 Å². The smallest absolute Gasteiger partial charge is 0.0594 e. The maximum Gasteiger partial charge on any atom is 0.0594 e. The number of nitrogens with zero attached hydrogens (tertiary/aromatic N) is 1. The van der Waals surface area contributed by atoms with Crippen molar-refractivity contribution in [3.05, 3.63) is 34.9 Å². The molecule has 1 heterocycles. The van der Waals surface area contributed by atoms with Crippen molar-refractivity contribution in [3.8, 4) is 0 Å². The van der Waals surface area contributed by atoms with Gasteiger partial charge < -0.3 is 4.74 Å². The van der Waals surface area contributed by atoms with Crippen molar-refractivity contribution < 1.29 is 4.74 Å². The molecule has 0 aliphatic carbocycles. The number of aryl methyl sites for hydroxylation is 3. The summed E-state index contributed by atoms with van der Waals surface area (Å²) in [6, 6.07) is 6.83. The fourth-order valence-electron chi connectivity index (χ4n) is 2.29. The molecule has 2 heteroatoms. The molecule has 0 atom stereocenters. The second-order valence-corrected chi connectivity index (χ2v) is 4.98. The van der Waals surface area contributed by atoms with Crippen LogP contribution in [0.1, 0.15) is 23.1 Å². The quantitative estimate of drug-likeness (QED) is 0.792. The van der Waals surface area contributed by atoms with Gasteiger partial charge in [0.05, 0.1) is 13.2 Å². The molecule has 2 rings (SSSR count). The number of hydrogen-bond donors (Lipinski definition) is 0. The minimum Gasteiger partial charge on any atom is -0.379 e. The molecule has 0 aromatic heterocycles. The van der Waals surface area contributed by atoms with E-state index in [1.807, 2.05) is 0 Å². The number of rotatable bonds is 4. The average molecular weight is 233 g/mol.